The Morgan fingerprint density at radius 2 is 1.96 bits per heavy atom. The van der Waals surface area contributed by atoms with Gasteiger partial charge in [-0.1, -0.05) is 13.8 Å². The lowest BCUT2D eigenvalue weighted by molar-refractivity contribution is -0.130. The van der Waals surface area contributed by atoms with Gasteiger partial charge in [0.25, 0.3) is 0 Å². The number of nitrogens with two attached hydrogens (primary N) is 1. The zero-order chi connectivity index (χ0) is 17.3. The summed E-state index contributed by atoms with van der Waals surface area (Å²) in [6, 6.07) is 0. The summed E-state index contributed by atoms with van der Waals surface area (Å²) in [7, 11) is -3.42. The van der Waals surface area contributed by atoms with Crippen LogP contribution >= 0.6 is 12.4 Å². The summed E-state index contributed by atoms with van der Waals surface area (Å²) >= 11 is 0. The van der Waals surface area contributed by atoms with Gasteiger partial charge >= 0.3 is 0 Å². The molecule has 7 nitrogen and oxygen atoms in total. The molecule has 1 fully saturated rings. The molecule has 0 aromatic rings. The Morgan fingerprint density at radius 1 is 1.29 bits per heavy atom. The molecule has 4 N–H and O–H groups in total. The molecule has 9 heteroatoms. The van der Waals surface area contributed by atoms with E-state index in [1.54, 1.807) is 0 Å². The Labute approximate surface area is 151 Å². The van der Waals surface area contributed by atoms with Gasteiger partial charge in [0.15, 0.2) is 0 Å². The standard InChI is InChI=1S/C15H31N3O4S.ClH/c1-3-15(4-2,12-16)14(19)17-8-10-23(20,21)18-11-13-7-5-6-9-22-13;/h13,18H,3-12,16H2,1-2H3,(H,17,19);1H. The predicted molar refractivity (Wildman–Crippen MR) is 97.7 cm³/mol. The average molecular weight is 386 g/mol. The van der Waals surface area contributed by atoms with E-state index in [1.165, 1.54) is 0 Å². The number of hydrogen-bond donors (Lipinski definition) is 3. The summed E-state index contributed by atoms with van der Waals surface area (Å²) in [5, 5.41) is 2.70. The lowest BCUT2D eigenvalue weighted by Gasteiger charge is -2.28. The predicted octanol–water partition coefficient (Wildman–Crippen LogP) is 0.778. The van der Waals surface area contributed by atoms with Crippen LogP contribution in [-0.2, 0) is 19.6 Å². The first-order valence-electron chi connectivity index (χ1n) is 8.46. The van der Waals surface area contributed by atoms with Crippen LogP contribution in [-0.4, -0.2) is 52.4 Å². The van der Waals surface area contributed by atoms with E-state index in [9.17, 15) is 13.2 Å². The molecule has 1 atom stereocenters. The number of carbonyl (C=O) groups is 1. The van der Waals surface area contributed by atoms with Crippen molar-refractivity contribution in [3.05, 3.63) is 0 Å². The van der Waals surface area contributed by atoms with Crippen molar-refractivity contribution < 1.29 is 17.9 Å². The van der Waals surface area contributed by atoms with Gasteiger partial charge < -0.3 is 15.8 Å². The minimum atomic E-state index is -3.42. The molecule has 0 saturated carbocycles. The quantitative estimate of drug-likeness (QED) is 0.514. The van der Waals surface area contributed by atoms with Crippen LogP contribution in [0.4, 0.5) is 0 Å². The molecule has 0 aromatic heterocycles. The van der Waals surface area contributed by atoms with Crippen molar-refractivity contribution >= 4 is 28.3 Å². The Bertz CT molecular complexity index is 455. The lowest BCUT2D eigenvalue weighted by Crippen LogP contribution is -2.47. The van der Waals surface area contributed by atoms with Crippen LogP contribution in [0.5, 0.6) is 0 Å². The third-order valence-electron chi connectivity index (χ3n) is 4.69. The number of ether oxygens (including phenoxy) is 1. The Balaban J connectivity index is 0.00000529. The molecular weight excluding hydrogens is 354 g/mol. The zero-order valence-electron chi connectivity index (χ0n) is 14.7. The fraction of sp³-hybridized carbons (Fsp3) is 0.933. The summed E-state index contributed by atoms with van der Waals surface area (Å²) in [5.41, 5.74) is 5.11. The topological polar surface area (TPSA) is 111 Å². The summed E-state index contributed by atoms with van der Waals surface area (Å²) < 4.78 is 32.0. The minimum Gasteiger partial charge on any atom is -0.377 e. The van der Waals surface area contributed by atoms with Gasteiger partial charge in [-0.25, -0.2) is 13.1 Å². The van der Waals surface area contributed by atoms with Crippen molar-refractivity contribution in [1.82, 2.24) is 10.0 Å². The molecule has 1 heterocycles. The molecule has 24 heavy (non-hydrogen) atoms. The van der Waals surface area contributed by atoms with Gasteiger partial charge in [-0.2, -0.15) is 0 Å². The van der Waals surface area contributed by atoms with Crippen molar-refractivity contribution in [2.45, 2.75) is 52.1 Å². The number of amides is 1. The maximum atomic E-state index is 12.2. The fourth-order valence-electron chi connectivity index (χ4n) is 2.70. The first kappa shape index (κ1) is 23.6. The fourth-order valence-corrected chi connectivity index (χ4v) is 3.65. The highest BCUT2D eigenvalue weighted by molar-refractivity contribution is 7.89. The second kappa shape index (κ2) is 11.3. The van der Waals surface area contributed by atoms with Gasteiger partial charge in [-0.15, -0.1) is 12.4 Å². The van der Waals surface area contributed by atoms with E-state index in [-0.39, 0.29) is 43.3 Å². The van der Waals surface area contributed by atoms with E-state index < -0.39 is 15.4 Å². The van der Waals surface area contributed by atoms with Crippen molar-refractivity contribution in [2.24, 2.45) is 11.1 Å². The number of halogens is 1. The Kier molecular flexibility index (Phi) is 11.1. The van der Waals surface area contributed by atoms with E-state index in [0.29, 0.717) is 26.0 Å². The van der Waals surface area contributed by atoms with Crippen LogP contribution in [0.1, 0.15) is 46.0 Å². The van der Waals surface area contributed by atoms with Crippen molar-refractivity contribution in [3.8, 4) is 0 Å². The highest BCUT2D eigenvalue weighted by Crippen LogP contribution is 2.24. The molecule has 0 radical (unpaired) electrons. The summed E-state index contributed by atoms with van der Waals surface area (Å²) in [6.07, 6.45) is 4.21. The maximum absolute atomic E-state index is 12.2. The van der Waals surface area contributed by atoms with Crippen LogP contribution in [0.15, 0.2) is 0 Å². The summed E-state index contributed by atoms with van der Waals surface area (Å²) in [4.78, 5) is 12.2. The van der Waals surface area contributed by atoms with Gasteiger partial charge in [0.1, 0.15) is 0 Å². The van der Waals surface area contributed by atoms with Gasteiger partial charge in [0.05, 0.1) is 17.3 Å². The molecule has 1 aliphatic rings. The third-order valence-corrected chi connectivity index (χ3v) is 6.04. The van der Waals surface area contributed by atoms with E-state index in [0.717, 1.165) is 19.3 Å². The van der Waals surface area contributed by atoms with Crippen molar-refractivity contribution in [1.29, 1.82) is 0 Å². The van der Waals surface area contributed by atoms with E-state index >= 15 is 0 Å². The Morgan fingerprint density at radius 3 is 2.46 bits per heavy atom. The molecular formula is C15H32ClN3O4S. The van der Waals surface area contributed by atoms with E-state index in [2.05, 4.69) is 10.0 Å². The second-order valence-electron chi connectivity index (χ2n) is 6.10. The molecule has 0 aromatic carbocycles. The smallest absolute Gasteiger partial charge is 0.227 e. The first-order valence-corrected chi connectivity index (χ1v) is 10.1. The summed E-state index contributed by atoms with van der Waals surface area (Å²) in [5.74, 6) is -0.310. The molecule has 0 spiro atoms. The number of nitrogens with one attached hydrogen (secondary N) is 2. The number of sulfonamides is 1. The van der Waals surface area contributed by atoms with Crippen LogP contribution < -0.4 is 15.8 Å². The first-order chi connectivity index (χ1) is 10.9. The molecule has 0 bridgehead atoms. The molecule has 144 valence electrons. The van der Waals surface area contributed by atoms with E-state index in [1.807, 2.05) is 13.8 Å². The molecule has 1 rings (SSSR count). The number of rotatable bonds is 10. The third kappa shape index (κ3) is 7.23. The van der Waals surface area contributed by atoms with Gasteiger partial charge in [-0.05, 0) is 32.1 Å². The minimum absolute atomic E-state index is 0. The molecule has 1 unspecified atom stereocenters. The molecule has 1 amide bonds. The highest BCUT2D eigenvalue weighted by Gasteiger charge is 2.33. The van der Waals surface area contributed by atoms with Crippen LogP contribution in [0.3, 0.4) is 0 Å². The van der Waals surface area contributed by atoms with Gasteiger partial charge in [-0.3, -0.25) is 4.79 Å². The Hall–Kier alpha value is -0.410. The summed E-state index contributed by atoms with van der Waals surface area (Å²) in [6.45, 7) is 5.17. The lowest BCUT2D eigenvalue weighted by atomic mass is 9.81. The van der Waals surface area contributed by atoms with E-state index in [4.69, 9.17) is 10.5 Å². The zero-order valence-corrected chi connectivity index (χ0v) is 16.3. The molecule has 1 aliphatic heterocycles. The highest BCUT2D eigenvalue weighted by atomic mass is 35.5. The molecule has 0 aliphatic carbocycles. The number of carbonyl (C=O) groups excluding carboxylic acids is 1. The van der Waals surface area contributed by atoms with Crippen LogP contribution in [0, 0.1) is 5.41 Å². The largest absolute Gasteiger partial charge is 0.377 e. The van der Waals surface area contributed by atoms with Gasteiger partial charge in [0.2, 0.25) is 15.9 Å². The SMILES string of the molecule is CCC(CC)(CN)C(=O)NCCS(=O)(=O)NCC1CCCCO1.Cl. The maximum Gasteiger partial charge on any atom is 0.227 e. The van der Waals surface area contributed by atoms with Crippen LogP contribution in [0.2, 0.25) is 0 Å². The van der Waals surface area contributed by atoms with Crippen molar-refractivity contribution in [3.63, 3.8) is 0 Å². The van der Waals surface area contributed by atoms with Crippen molar-refractivity contribution in [2.75, 3.05) is 32.0 Å². The average Bonchev–Trinajstić information content (AvgIpc) is 2.56. The normalized spacial score (nSPS) is 18.7. The van der Waals surface area contributed by atoms with Gasteiger partial charge in [0, 0.05) is 26.2 Å². The second-order valence-corrected chi connectivity index (χ2v) is 8.03. The monoisotopic (exact) mass is 385 g/mol. The van der Waals surface area contributed by atoms with Crippen LogP contribution in [0.25, 0.3) is 0 Å². The number of hydrogen-bond acceptors (Lipinski definition) is 5. The molecule has 1 saturated heterocycles.